The Balaban J connectivity index is 1.37. The summed E-state index contributed by atoms with van der Waals surface area (Å²) in [6.45, 7) is 4.61. The van der Waals surface area contributed by atoms with E-state index >= 15 is 0 Å². The number of imidazole rings is 1. The molecule has 2 aromatic carbocycles. The maximum Gasteiger partial charge on any atom is 0.255 e. The second kappa shape index (κ2) is 7.84. The van der Waals surface area contributed by atoms with Gasteiger partial charge in [0.25, 0.3) is 5.91 Å². The van der Waals surface area contributed by atoms with Gasteiger partial charge in [-0.25, -0.2) is 14.5 Å². The highest BCUT2D eigenvalue weighted by molar-refractivity contribution is 5.98. The molecule has 2 aromatic heterocycles. The number of ether oxygens (including phenoxy) is 2. The molecule has 3 heterocycles. The molecule has 9 heteroatoms. The minimum Gasteiger partial charge on any atom is -0.454 e. The summed E-state index contributed by atoms with van der Waals surface area (Å²) in [7, 11) is 0. The van der Waals surface area contributed by atoms with Crippen LogP contribution in [0.25, 0.3) is 16.8 Å². The van der Waals surface area contributed by atoms with Gasteiger partial charge < -0.3 is 20.5 Å². The van der Waals surface area contributed by atoms with E-state index in [1.807, 2.05) is 24.3 Å². The van der Waals surface area contributed by atoms with Crippen molar-refractivity contribution in [2.45, 2.75) is 26.3 Å². The zero-order chi connectivity index (χ0) is 22.2. The quantitative estimate of drug-likeness (QED) is 0.499. The Bertz CT molecular complexity index is 1310. The molecule has 1 aliphatic heterocycles. The summed E-state index contributed by atoms with van der Waals surface area (Å²) in [5.41, 5.74) is 9.87. The van der Waals surface area contributed by atoms with Crippen molar-refractivity contribution in [2.24, 2.45) is 0 Å². The molecule has 9 nitrogen and oxygen atoms in total. The first-order valence-electron chi connectivity index (χ1n) is 10.3. The van der Waals surface area contributed by atoms with Gasteiger partial charge in [-0.3, -0.25) is 4.79 Å². The molecule has 0 unspecified atom stereocenters. The van der Waals surface area contributed by atoms with Crippen LogP contribution in [0.2, 0.25) is 0 Å². The van der Waals surface area contributed by atoms with Crippen molar-refractivity contribution < 1.29 is 14.3 Å². The van der Waals surface area contributed by atoms with Crippen LogP contribution in [0.5, 0.6) is 11.5 Å². The number of hydrogen-bond donors (Lipinski definition) is 2. The first-order chi connectivity index (χ1) is 15.5. The number of carbonyl (C=O) groups is 1. The van der Waals surface area contributed by atoms with Crippen molar-refractivity contribution in [1.29, 1.82) is 0 Å². The molecular weight excluding hydrogens is 408 g/mol. The van der Waals surface area contributed by atoms with Gasteiger partial charge in [0.05, 0.1) is 5.56 Å². The third kappa shape index (κ3) is 3.37. The largest absolute Gasteiger partial charge is 0.454 e. The Morgan fingerprint density at radius 3 is 2.78 bits per heavy atom. The molecule has 0 radical (unpaired) electrons. The van der Waals surface area contributed by atoms with E-state index in [0.29, 0.717) is 34.9 Å². The molecule has 0 bridgehead atoms. The van der Waals surface area contributed by atoms with Crippen LogP contribution >= 0.6 is 0 Å². The number of rotatable bonds is 5. The van der Waals surface area contributed by atoms with E-state index in [-0.39, 0.29) is 18.6 Å². The van der Waals surface area contributed by atoms with Crippen molar-refractivity contribution in [3.8, 4) is 22.8 Å². The summed E-state index contributed by atoms with van der Waals surface area (Å²) in [6, 6.07) is 13.1. The lowest BCUT2D eigenvalue weighted by atomic mass is 10.1. The van der Waals surface area contributed by atoms with Crippen LogP contribution in [-0.4, -0.2) is 32.3 Å². The maximum absolute atomic E-state index is 12.6. The average molecular weight is 430 g/mol. The molecular formula is C23H22N6O3. The zero-order valence-electron chi connectivity index (χ0n) is 17.7. The lowest BCUT2D eigenvalue weighted by Gasteiger charge is -2.08. The number of para-hydroxylation sites is 1. The predicted octanol–water partition coefficient (Wildman–Crippen LogP) is 3.16. The topological polar surface area (TPSA) is 117 Å². The lowest BCUT2D eigenvalue weighted by molar-refractivity contribution is 0.0946. The van der Waals surface area contributed by atoms with Crippen molar-refractivity contribution >= 4 is 17.2 Å². The zero-order valence-corrected chi connectivity index (χ0v) is 17.7. The number of aromatic nitrogens is 4. The number of nitrogen functional groups attached to an aromatic ring is 1. The van der Waals surface area contributed by atoms with E-state index in [9.17, 15) is 4.79 Å². The van der Waals surface area contributed by atoms with E-state index in [2.05, 4.69) is 29.2 Å². The van der Waals surface area contributed by atoms with Crippen LogP contribution in [0.15, 0.2) is 48.8 Å². The molecule has 0 saturated carbocycles. The van der Waals surface area contributed by atoms with Gasteiger partial charge in [0.2, 0.25) is 6.79 Å². The van der Waals surface area contributed by atoms with Crippen molar-refractivity contribution in [2.75, 3.05) is 12.5 Å². The third-order valence-corrected chi connectivity index (χ3v) is 5.32. The maximum atomic E-state index is 12.6. The molecule has 32 heavy (non-hydrogen) atoms. The monoisotopic (exact) mass is 430 g/mol. The van der Waals surface area contributed by atoms with Gasteiger partial charge in [-0.15, -0.1) is 0 Å². The molecule has 0 fully saturated rings. The minimum absolute atomic E-state index is 0.123. The normalized spacial score (nSPS) is 12.5. The van der Waals surface area contributed by atoms with Crippen LogP contribution in [0.4, 0.5) is 5.82 Å². The molecule has 1 amide bonds. The fourth-order valence-corrected chi connectivity index (χ4v) is 3.72. The van der Waals surface area contributed by atoms with Crippen LogP contribution in [0.1, 0.15) is 41.5 Å². The molecule has 1 aliphatic rings. The lowest BCUT2D eigenvalue weighted by Crippen LogP contribution is -2.23. The number of benzene rings is 2. The first-order valence-corrected chi connectivity index (χ1v) is 10.3. The van der Waals surface area contributed by atoms with Gasteiger partial charge in [-0.2, -0.15) is 5.10 Å². The Morgan fingerprint density at radius 1 is 1.19 bits per heavy atom. The number of carbonyl (C=O) groups excluding carboxylic acids is 1. The number of amides is 1. The van der Waals surface area contributed by atoms with E-state index < -0.39 is 0 Å². The second-order valence-corrected chi connectivity index (χ2v) is 7.80. The Labute approximate surface area is 184 Å². The van der Waals surface area contributed by atoms with Gasteiger partial charge in [-0.1, -0.05) is 44.2 Å². The van der Waals surface area contributed by atoms with Gasteiger partial charge in [0.1, 0.15) is 23.4 Å². The van der Waals surface area contributed by atoms with Crippen LogP contribution in [-0.2, 0) is 6.54 Å². The van der Waals surface area contributed by atoms with Crippen LogP contribution in [0, 0.1) is 0 Å². The van der Waals surface area contributed by atoms with Crippen molar-refractivity contribution in [1.82, 2.24) is 24.9 Å². The minimum atomic E-state index is -0.219. The number of anilines is 1. The number of hydrogen-bond acceptors (Lipinski definition) is 7. The fraction of sp³-hybridized carbons (Fsp3) is 0.217. The van der Waals surface area contributed by atoms with Crippen molar-refractivity contribution in [3.63, 3.8) is 0 Å². The molecule has 162 valence electrons. The van der Waals surface area contributed by atoms with Gasteiger partial charge in [0, 0.05) is 18.0 Å². The first kappa shape index (κ1) is 19.8. The molecule has 3 N–H and O–H groups in total. The second-order valence-electron chi connectivity index (χ2n) is 7.80. The van der Waals surface area contributed by atoms with E-state index in [1.54, 1.807) is 22.7 Å². The number of nitrogens with one attached hydrogen (secondary N) is 1. The molecule has 0 atom stereocenters. The van der Waals surface area contributed by atoms with Crippen LogP contribution < -0.4 is 20.5 Å². The Morgan fingerprint density at radius 2 is 2.00 bits per heavy atom. The summed E-state index contributed by atoms with van der Waals surface area (Å²) in [5.74, 6) is 2.22. The van der Waals surface area contributed by atoms with Crippen molar-refractivity contribution in [3.05, 3.63) is 65.7 Å². The summed E-state index contributed by atoms with van der Waals surface area (Å²) in [5, 5.41) is 7.25. The Kier molecular flexibility index (Phi) is 4.85. The number of nitrogens with zero attached hydrogens (tertiary/aromatic N) is 4. The number of nitrogens with two attached hydrogens (primary N) is 1. The summed E-state index contributed by atoms with van der Waals surface area (Å²) >= 11 is 0. The smallest absolute Gasteiger partial charge is 0.255 e. The predicted molar refractivity (Wildman–Crippen MR) is 118 cm³/mol. The highest BCUT2D eigenvalue weighted by Gasteiger charge is 2.22. The molecule has 0 saturated heterocycles. The summed E-state index contributed by atoms with van der Waals surface area (Å²) in [6.07, 6.45) is 1.44. The summed E-state index contributed by atoms with van der Waals surface area (Å²) < 4.78 is 12.5. The SMILES string of the molecule is CC(C)c1nc(-c2ccc(CNC(=O)c3cccc4c3OCO4)cc2)c2c(N)ncnn12. The van der Waals surface area contributed by atoms with E-state index in [4.69, 9.17) is 20.2 Å². The molecule has 4 aromatic rings. The highest BCUT2D eigenvalue weighted by Crippen LogP contribution is 2.35. The Hall–Kier alpha value is -4.14. The van der Waals surface area contributed by atoms with E-state index in [0.717, 1.165) is 22.6 Å². The third-order valence-electron chi connectivity index (χ3n) is 5.32. The van der Waals surface area contributed by atoms with Gasteiger partial charge >= 0.3 is 0 Å². The van der Waals surface area contributed by atoms with Gasteiger partial charge in [0.15, 0.2) is 17.3 Å². The molecule has 0 aliphatic carbocycles. The van der Waals surface area contributed by atoms with Gasteiger partial charge in [-0.05, 0) is 17.7 Å². The number of fused-ring (bicyclic) bond motifs is 2. The van der Waals surface area contributed by atoms with Crippen LogP contribution in [0.3, 0.4) is 0 Å². The highest BCUT2D eigenvalue weighted by atomic mass is 16.7. The molecule has 0 spiro atoms. The molecule has 5 rings (SSSR count). The standard InChI is InChI=1S/C23H22N6O3/c1-13(2)22-28-18(19-21(24)26-11-27-29(19)22)15-8-6-14(7-9-15)10-25-23(30)16-4-3-5-17-20(16)32-12-31-17/h3-9,11,13H,10,12H2,1-2H3,(H,25,30)(H2,24,26,27). The fourth-order valence-electron chi connectivity index (χ4n) is 3.72. The van der Waals surface area contributed by atoms with E-state index in [1.165, 1.54) is 6.33 Å². The summed E-state index contributed by atoms with van der Waals surface area (Å²) in [4.78, 5) is 21.5. The average Bonchev–Trinajstić information content (AvgIpc) is 3.43.